The molecule has 3 atom stereocenters. The lowest BCUT2D eigenvalue weighted by atomic mass is 10.0. The fourth-order valence-corrected chi connectivity index (χ4v) is 2.07. The number of hydrogen-bond donors (Lipinski definition) is 1. The van der Waals surface area contributed by atoms with Gasteiger partial charge in [-0.2, -0.15) is 0 Å². The summed E-state index contributed by atoms with van der Waals surface area (Å²) in [6, 6.07) is 0.490. The van der Waals surface area contributed by atoms with E-state index in [2.05, 4.69) is 18.9 Å². The molecule has 0 saturated carbocycles. The highest BCUT2D eigenvalue weighted by Crippen LogP contribution is 2.26. The molecule has 0 amide bonds. The summed E-state index contributed by atoms with van der Waals surface area (Å²) in [5.41, 5.74) is 0. The van der Waals surface area contributed by atoms with Crippen LogP contribution in [0.4, 0.5) is 0 Å². The zero-order valence-electron chi connectivity index (χ0n) is 12.6. The van der Waals surface area contributed by atoms with E-state index in [9.17, 15) is 0 Å². The minimum absolute atomic E-state index is 0.334. The first kappa shape index (κ1) is 19.2. The van der Waals surface area contributed by atoms with Crippen LogP contribution in [0.3, 0.4) is 0 Å². The van der Waals surface area contributed by atoms with Gasteiger partial charge in [-0.3, -0.25) is 4.90 Å². The molecule has 0 bridgehead atoms. The Hall–Kier alpha value is -0.160. The Morgan fingerprint density at radius 3 is 2.06 bits per heavy atom. The quantitative estimate of drug-likeness (QED) is 0.714. The Labute approximate surface area is 107 Å². The number of hydrogen-bond acceptors (Lipinski definition) is 4. The lowest BCUT2D eigenvalue weighted by Gasteiger charge is -2.33. The van der Waals surface area contributed by atoms with Crippen molar-refractivity contribution < 1.29 is 14.6 Å². The van der Waals surface area contributed by atoms with E-state index < -0.39 is 0 Å². The molecule has 0 spiro atoms. The lowest BCUT2D eigenvalue weighted by molar-refractivity contribution is -0.0494. The third kappa shape index (κ3) is 5.82. The van der Waals surface area contributed by atoms with Crippen molar-refractivity contribution in [1.29, 1.82) is 0 Å². The van der Waals surface area contributed by atoms with Gasteiger partial charge in [-0.15, -0.1) is 0 Å². The molecule has 0 aromatic heterocycles. The molecule has 17 heavy (non-hydrogen) atoms. The van der Waals surface area contributed by atoms with Crippen LogP contribution in [0.2, 0.25) is 0 Å². The summed E-state index contributed by atoms with van der Waals surface area (Å²) in [7, 11) is 3.09. The van der Waals surface area contributed by atoms with E-state index in [0.29, 0.717) is 18.2 Å². The smallest absolute Gasteiger partial charge is 0.0996 e. The van der Waals surface area contributed by atoms with Gasteiger partial charge in [0, 0.05) is 13.7 Å². The predicted molar refractivity (Wildman–Crippen MR) is 72.2 cm³/mol. The summed E-state index contributed by atoms with van der Waals surface area (Å²) in [6.07, 6.45) is 1.81. The second kappa shape index (κ2) is 12.3. The van der Waals surface area contributed by atoms with E-state index in [0.717, 1.165) is 26.9 Å². The maximum absolute atomic E-state index is 7.00. The Bertz CT molecular complexity index is 154. The highest BCUT2D eigenvalue weighted by atomic mass is 16.5. The molecule has 2 heterocycles. The third-order valence-electron chi connectivity index (χ3n) is 2.65. The molecule has 4 heteroatoms. The van der Waals surface area contributed by atoms with Crippen LogP contribution in [-0.4, -0.2) is 55.8 Å². The highest BCUT2D eigenvalue weighted by molar-refractivity contribution is 4.89. The first-order valence-corrected chi connectivity index (χ1v) is 6.67. The van der Waals surface area contributed by atoms with Crippen LogP contribution in [0.15, 0.2) is 0 Å². The molecule has 2 rings (SSSR count). The van der Waals surface area contributed by atoms with Crippen molar-refractivity contribution in [2.75, 3.05) is 27.5 Å². The minimum Gasteiger partial charge on any atom is -0.400 e. The number of likely N-dealkylation sites (N-methyl/N-ethyl adjacent to an activating group) is 1. The van der Waals surface area contributed by atoms with Gasteiger partial charge in [0.05, 0.1) is 25.0 Å². The molecular weight excluding hydrogens is 218 g/mol. The fraction of sp³-hybridized carbons (Fsp3) is 1.00. The monoisotopic (exact) mass is 249 g/mol. The molecule has 4 nitrogen and oxygen atoms in total. The fourth-order valence-electron chi connectivity index (χ4n) is 2.07. The summed E-state index contributed by atoms with van der Waals surface area (Å²) in [5.74, 6) is 0. The molecule has 2 saturated heterocycles. The number of aliphatic hydroxyl groups excluding tert-OH is 1. The largest absolute Gasteiger partial charge is 0.400 e. The second-order valence-electron chi connectivity index (χ2n) is 3.45. The van der Waals surface area contributed by atoms with Crippen LogP contribution in [0.5, 0.6) is 0 Å². The van der Waals surface area contributed by atoms with Gasteiger partial charge in [-0.05, 0) is 20.4 Å². The Kier molecular flexibility index (Phi) is 13.9. The van der Waals surface area contributed by atoms with Crippen molar-refractivity contribution in [3.8, 4) is 0 Å². The van der Waals surface area contributed by atoms with Crippen LogP contribution >= 0.6 is 0 Å². The van der Waals surface area contributed by atoms with Gasteiger partial charge in [-0.1, -0.05) is 27.7 Å². The second-order valence-corrected chi connectivity index (χ2v) is 3.45. The Morgan fingerprint density at radius 1 is 1.06 bits per heavy atom. The molecule has 2 fully saturated rings. The number of ether oxygens (including phenoxy) is 2. The van der Waals surface area contributed by atoms with Gasteiger partial charge in [0.2, 0.25) is 0 Å². The third-order valence-corrected chi connectivity index (χ3v) is 2.65. The van der Waals surface area contributed by atoms with Crippen molar-refractivity contribution in [3.05, 3.63) is 0 Å². The number of nitrogens with zero attached hydrogens (tertiary/aromatic N) is 1. The van der Waals surface area contributed by atoms with Gasteiger partial charge in [-0.25, -0.2) is 0 Å². The topological polar surface area (TPSA) is 41.9 Å². The first-order valence-electron chi connectivity index (χ1n) is 6.67. The van der Waals surface area contributed by atoms with E-state index in [4.69, 9.17) is 14.6 Å². The summed E-state index contributed by atoms with van der Waals surface area (Å²) in [6.45, 7) is 11.8. The normalized spacial score (nSPS) is 30.7. The molecule has 1 N–H and O–H groups in total. The van der Waals surface area contributed by atoms with Gasteiger partial charge in [0.1, 0.15) is 0 Å². The average molecular weight is 249 g/mol. The number of rotatable bonds is 0. The first-order chi connectivity index (χ1) is 8.29. The van der Waals surface area contributed by atoms with Crippen LogP contribution in [0.1, 0.15) is 41.0 Å². The number of fused-ring (bicyclic) bond motifs is 1. The van der Waals surface area contributed by atoms with Crippen LogP contribution < -0.4 is 0 Å². The van der Waals surface area contributed by atoms with Gasteiger partial charge < -0.3 is 14.6 Å². The summed E-state index contributed by atoms with van der Waals surface area (Å²) < 4.78 is 11.1. The molecule has 2 aliphatic heterocycles. The lowest BCUT2D eigenvalue weighted by Crippen LogP contribution is -2.46. The summed E-state index contributed by atoms with van der Waals surface area (Å²) >= 11 is 0. The van der Waals surface area contributed by atoms with Crippen LogP contribution in [0, 0.1) is 0 Å². The van der Waals surface area contributed by atoms with Crippen molar-refractivity contribution >= 4 is 0 Å². The average Bonchev–Trinajstić information content (AvgIpc) is 2.80. The van der Waals surface area contributed by atoms with Crippen molar-refractivity contribution in [3.63, 3.8) is 0 Å². The van der Waals surface area contributed by atoms with Gasteiger partial charge >= 0.3 is 0 Å². The maximum Gasteiger partial charge on any atom is 0.0996 e. The van der Waals surface area contributed by atoms with E-state index in [1.807, 2.05) is 27.7 Å². The molecule has 0 aliphatic carbocycles. The molecule has 0 radical (unpaired) electrons. The molecule has 0 aromatic rings. The zero-order chi connectivity index (χ0) is 13.8. The zero-order valence-corrected chi connectivity index (χ0v) is 12.6. The van der Waals surface area contributed by atoms with E-state index >= 15 is 0 Å². The predicted octanol–water partition coefficient (Wildman–Crippen LogP) is 2.11. The Balaban J connectivity index is 0. The molecular formula is C13H31NO3. The summed E-state index contributed by atoms with van der Waals surface area (Å²) in [5, 5.41) is 7.00. The van der Waals surface area contributed by atoms with Gasteiger partial charge in [0.25, 0.3) is 0 Å². The standard InChI is InChI=1S/C8H15NO2.2C2H6.CH4O/c1-6-8-7(3-4-10-6)11-5-9(8)2;3*1-2/h6-8H,3-5H2,1-2H3;2*1-2H3;2H,1H3. The molecule has 3 unspecified atom stereocenters. The number of aliphatic hydroxyl groups is 1. The molecule has 106 valence electrons. The van der Waals surface area contributed by atoms with Crippen molar-refractivity contribution in [1.82, 2.24) is 4.90 Å². The van der Waals surface area contributed by atoms with E-state index in [-0.39, 0.29) is 0 Å². The van der Waals surface area contributed by atoms with Crippen LogP contribution in [0.25, 0.3) is 0 Å². The minimum atomic E-state index is 0.334. The van der Waals surface area contributed by atoms with Gasteiger partial charge in [0.15, 0.2) is 0 Å². The Morgan fingerprint density at radius 2 is 1.59 bits per heavy atom. The van der Waals surface area contributed by atoms with Crippen LogP contribution in [-0.2, 0) is 9.47 Å². The van der Waals surface area contributed by atoms with E-state index in [1.54, 1.807) is 0 Å². The summed E-state index contributed by atoms with van der Waals surface area (Å²) in [4.78, 5) is 2.23. The van der Waals surface area contributed by atoms with Crippen molar-refractivity contribution in [2.24, 2.45) is 0 Å². The molecule has 2 aliphatic rings. The van der Waals surface area contributed by atoms with Crippen molar-refractivity contribution in [2.45, 2.75) is 59.3 Å². The maximum atomic E-state index is 7.00. The SMILES string of the molecule is CC.CC.CC1OCCC2OCN(C)C12.CO. The molecule has 0 aromatic carbocycles. The highest BCUT2D eigenvalue weighted by Gasteiger charge is 2.39. The van der Waals surface area contributed by atoms with E-state index in [1.165, 1.54) is 0 Å².